The van der Waals surface area contributed by atoms with E-state index in [1.54, 1.807) is 6.20 Å². The van der Waals surface area contributed by atoms with Gasteiger partial charge in [0.1, 0.15) is 0 Å². The number of nitrogens with zero attached hydrogens (tertiary/aromatic N) is 3. The maximum atomic E-state index is 13.2. The van der Waals surface area contributed by atoms with E-state index in [1.807, 2.05) is 39.9 Å². The fraction of sp³-hybridized carbons (Fsp3) is 0.500. The number of aromatic nitrogens is 2. The summed E-state index contributed by atoms with van der Waals surface area (Å²) in [4.78, 5) is 19.5. The summed E-state index contributed by atoms with van der Waals surface area (Å²) in [5.41, 5.74) is 0.982. The first-order valence-corrected chi connectivity index (χ1v) is 13.5. The normalized spacial score (nSPS) is 21.5. The molecule has 1 amide bonds. The molecule has 4 rings (SSSR count). The van der Waals surface area contributed by atoms with Crippen molar-refractivity contribution in [3.63, 3.8) is 0 Å². The van der Waals surface area contributed by atoms with Crippen LogP contribution in [-0.4, -0.2) is 58.1 Å². The molecular formula is C20H24BrN3O3S2. The fourth-order valence-corrected chi connectivity index (χ4v) is 7.10. The molecule has 2 aliphatic rings. The van der Waals surface area contributed by atoms with Gasteiger partial charge in [0.15, 0.2) is 15.0 Å². The van der Waals surface area contributed by atoms with Gasteiger partial charge in [0.05, 0.1) is 17.3 Å². The number of carbonyl (C=O) groups is 1. The van der Waals surface area contributed by atoms with Gasteiger partial charge in [-0.15, -0.1) is 0 Å². The highest BCUT2D eigenvalue weighted by Crippen LogP contribution is 2.30. The lowest BCUT2D eigenvalue weighted by Gasteiger charge is -2.34. The highest BCUT2D eigenvalue weighted by atomic mass is 79.9. The average Bonchev–Trinajstić information content (AvgIpc) is 3.43. The largest absolute Gasteiger partial charge is 0.335 e. The van der Waals surface area contributed by atoms with Crippen LogP contribution in [0, 0.1) is 0 Å². The van der Waals surface area contributed by atoms with Gasteiger partial charge in [-0.25, -0.2) is 13.4 Å². The molecule has 9 heteroatoms. The van der Waals surface area contributed by atoms with Crippen LogP contribution in [0.3, 0.4) is 0 Å². The standard InChI is InChI=1S/C20H24BrN3O3S2/c21-15-5-7-16(8-6-15)23-11-10-22-20(23)28-13-19(25)24(17-3-1-2-4-17)18-9-12-29(26,27)14-18/h5-8,10-11,17-18H,1-4,9,12-14H2. The van der Waals surface area contributed by atoms with Crippen LogP contribution in [0.2, 0.25) is 0 Å². The number of carbonyl (C=O) groups excluding carboxylic acids is 1. The molecule has 0 bridgehead atoms. The van der Waals surface area contributed by atoms with Crippen LogP contribution in [0.25, 0.3) is 5.69 Å². The summed E-state index contributed by atoms with van der Waals surface area (Å²) in [5.74, 6) is 0.581. The van der Waals surface area contributed by atoms with Gasteiger partial charge in [0.25, 0.3) is 0 Å². The third-order valence-electron chi connectivity index (χ3n) is 5.64. The number of halogens is 1. The molecule has 1 aliphatic carbocycles. The SMILES string of the molecule is O=C(CSc1nccn1-c1ccc(Br)cc1)N(C1CCCC1)C1CCS(=O)(=O)C1. The molecule has 29 heavy (non-hydrogen) atoms. The Kier molecular flexibility index (Phi) is 6.36. The predicted molar refractivity (Wildman–Crippen MR) is 118 cm³/mol. The molecule has 2 heterocycles. The van der Waals surface area contributed by atoms with E-state index in [1.165, 1.54) is 11.8 Å². The number of rotatable bonds is 6. The number of benzene rings is 1. The molecule has 1 saturated heterocycles. The van der Waals surface area contributed by atoms with E-state index in [4.69, 9.17) is 0 Å². The molecule has 1 saturated carbocycles. The van der Waals surface area contributed by atoms with E-state index in [-0.39, 0.29) is 35.2 Å². The van der Waals surface area contributed by atoms with Gasteiger partial charge in [-0.05, 0) is 43.5 Å². The van der Waals surface area contributed by atoms with Gasteiger partial charge < -0.3 is 4.90 Å². The second-order valence-corrected chi connectivity index (χ2v) is 11.7. The van der Waals surface area contributed by atoms with Gasteiger partial charge in [-0.3, -0.25) is 9.36 Å². The van der Waals surface area contributed by atoms with Crippen LogP contribution in [0.4, 0.5) is 0 Å². The quantitative estimate of drug-likeness (QED) is 0.569. The number of hydrogen-bond acceptors (Lipinski definition) is 5. The van der Waals surface area contributed by atoms with Gasteiger partial charge in [0.2, 0.25) is 5.91 Å². The van der Waals surface area contributed by atoms with Crippen LogP contribution >= 0.6 is 27.7 Å². The van der Waals surface area contributed by atoms with Crippen molar-refractivity contribution in [1.29, 1.82) is 0 Å². The highest BCUT2D eigenvalue weighted by Gasteiger charge is 2.38. The third kappa shape index (κ3) is 4.88. The molecule has 1 aliphatic heterocycles. The first-order valence-electron chi connectivity index (χ1n) is 9.87. The topological polar surface area (TPSA) is 72.3 Å². The zero-order valence-corrected chi connectivity index (χ0v) is 19.3. The monoisotopic (exact) mass is 497 g/mol. The van der Waals surface area contributed by atoms with Crippen molar-refractivity contribution in [3.05, 3.63) is 41.1 Å². The number of hydrogen-bond donors (Lipinski definition) is 0. The van der Waals surface area contributed by atoms with Gasteiger partial charge >= 0.3 is 0 Å². The lowest BCUT2D eigenvalue weighted by atomic mass is 10.1. The smallest absolute Gasteiger partial charge is 0.233 e. The van der Waals surface area contributed by atoms with E-state index >= 15 is 0 Å². The van der Waals surface area contributed by atoms with Crippen LogP contribution in [0.15, 0.2) is 46.3 Å². The molecule has 0 spiro atoms. The molecule has 2 aromatic rings. The molecule has 0 N–H and O–H groups in total. The molecular weight excluding hydrogens is 474 g/mol. The molecule has 1 unspecified atom stereocenters. The zero-order chi connectivity index (χ0) is 20.4. The summed E-state index contributed by atoms with van der Waals surface area (Å²) >= 11 is 4.85. The Morgan fingerprint density at radius 2 is 1.90 bits per heavy atom. The summed E-state index contributed by atoms with van der Waals surface area (Å²) in [6.45, 7) is 0. The van der Waals surface area contributed by atoms with Crippen LogP contribution in [0.1, 0.15) is 32.1 Å². The number of sulfone groups is 1. The van der Waals surface area contributed by atoms with Gasteiger partial charge in [-0.2, -0.15) is 0 Å². The highest BCUT2D eigenvalue weighted by molar-refractivity contribution is 9.10. The first-order chi connectivity index (χ1) is 13.9. The maximum absolute atomic E-state index is 13.2. The van der Waals surface area contributed by atoms with E-state index in [9.17, 15) is 13.2 Å². The molecule has 2 fully saturated rings. The van der Waals surface area contributed by atoms with Crippen LogP contribution < -0.4 is 0 Å². The minimum atomic E-state index is -3.03. The van der Waals surface area contributed by atoms with E-state index < -0.39 is 9.84 Å². The van der Waals surface area contributed by atoms with E-state index in [2.05, 4.69) is 20.9 Å². The van der Waals surface area contributed by atoms with Crippen LogP contribution in [-0.2, 0) is 14.6 Å². The Balaban J connectivity index is 1.47. The lowest BCUT2D eigenvalue weighted by Crippen LogP contribution is -2.47. The Morgan fingerprint density at radius 1 is 1.17 bits per heavy atom. The van der Waals surface area contributed by atoms with Gasteiger partial charge in [-0.1, -0.05) is 40.5 Å². The summed E-state index contributed by atoms with van der Waals surface area (Å²) < 4.78 is 27.0. The van der Waals surface area contributed by atoms with E-state index in [0.717, 1.165) is 41.0 Å². The average molecular weight is 498 g/mol. The minimum Gasteiger partial charge on any atom is -0.335 e. The minimum absolute atomic E-state index is 0.0226. The molecule has 1 aromatic carbocycles. The Morgan fingerprint density at radius 3 is 2.55 bits per heavy atom. The molecule has 1 atom stereocenters. The van der Waals surface area contributed by atoms with Crippen molar-refractivity contribution in [3.8, 4) is 5.69 Å². The molecule has 0 radical (unpaired) electrons. The summed E-state index contributed by atoms with van der Waals surface area (Å²) in [7, 11) is -3.03. The predicted octanol–water partition coefficient (Wildman–Crippen LogP) is 3.69. The fourth-order valence-electron chi connectivity index (χ4n) is 4.28. The third-order valence-corrected chi connectivity index (χ3v) is 8.87. The van der Waals surface area contributed by atoms with Crippen molar-refractivity contribution in [2.75, 3.05) is 17.3 Å². The van der Waals surface area contributed by atoms with Crippen molar-refractivity contribution in [2.45, 2.75) is 49.3 Å². The van der Waals surface area contributed by atoms with Crippen molar-refractivity contribution < 1.29 is 13.2 Å². The molecule has 156 valence electrons. The Labute approximate surface area is 184 Å². The molecule has 1 aromatic heterocycles. The maximum Gasteiger partial charge on any atom is 0.233 e. The second-order valence-electron chi connectivity index (χ2n) is 7.64. The van der Waals surface area contributed by atoms with Crippen LogP contribution in [0.5, 0.6) is 0 Å². The van der Waals surface area contributed by atoms with Crippen molar-refractivity contribution in [2.24, 2.45) is 0 Å². The Hall–Kier alpha value is -1.32. The zero-order valence-electron chi connectivity index (χ0n) is 16.0. The Bertz CT molecular complexity index is 969. The lowest BCUT2D eigenvalue weighted by molar-refractivity contribution is -0.132. The number of amides is 1. The van der Waals surface area contributed by atoms with E-state index in [0.29, 0.717) is 6.42 Å². The second kappa shape index (κ2) is 8.81. The summed E-state index contributed by atoms with van der Waals surface area (Å²) in [6, 6.07) is 7.92. The number of imidazole rings is 1. The van der Waals surface area contributed by atoms with Crippen molar-refractivity contribution >= 4 is 43.4 Å². The molecule has 6 nitrogen and oxygen atoms in total. The van der Waals surface area contributed by atoms with Gasteiger partial charge in [0, 0.05) is 34.6 Å². The van der Waals surface area contributed by atoms with Crippen molar-refractivity contribution in [1.82, 2.24) is 14.5 Å². The number of thioether (sulfide) groups is 1. The summed E-state index contributed by atoms with van der Waals surface area (Å²) in [5, 5.41) is 0.756. The first kappa shape index (κ1) is 20.9. The summed E-state index contributed by atoms with van der Waals surface area (Å²) in [6.07, 6.45) is 8.33.